The molecule has 3 aliphatic heterocycles. The maximum Gasteiger partial charge on any atom is 0.341 e. The molecule has 3 unspecified atom stereocenters. The number of carbonyl (C=O) groups is 3. The molecule has 0 saturated carbocycles. The topological polar surface area (TPSA) is 76.2 Å². The van der Waals surface area contributed by atoms with E-state index >= 15 is 0 Å². The summed E-state index contributed by atoms with van der Waals surface area (Å²) >= 11 is 1.26. The van der Waals surface area contributed by atoms with Crippen LogP contribution < -0.4 is 9.96 Å². The lowest BCUT2D eigenvalue weighted by Crippen LogP contribution is -2.38. The molecule has 2 fully saturated rings. The predicted molar refractivity (Wildman–Crippen MR) is 128 cm³/mol. The number of fused-ring (bicyclic) bond motifs is 8. The fourth-order valence-corrected chi connectivity index (χ4v) is 6.40. The predicted octanol–water partition coefficient (Wildman–Crippen LogP) is 4.57. The summed E-state index contributed by atoms with van der Waals surface area (Å²) in [6.07, 6.45) is -0.963. The molecule has 3 aliphatic rings. The Morgan fingerprint density at radius 2 is 1.74 bits per heavy atom. The minimum Gasteiger partial charge on any atom is -0.462 e. The SMILES string of the molecule is CCOC(=O)c1c(N2C(=O)C3ON4c5ccccc5-c5ccccc5C4C3C2=O)sc(C)c1C. The number of amides is 2. The normalized spacial score (nSPS) is 22.4. The standard InChI is InChI=1S/C26H22N2O5S/c1-4-32-26(31)19-13(2)14(3)34-25(19)27-23(29)20-21-17-11-6-5-9-15(17)16-10-7-8-12-18(16)28(21)33-22(20)24(27)30/h5-12,20-22H,4H2,1-3H3. The van der Waals surface area contributed by atoms with Crippen LogP contribution in [0.2, 0.25) is 0 Å². The summed E-state index contributed by atoms with van der Waals surface area (Å²) in [6, 6.07) is 15.3. The molecule has 0 N–H and O–H groups in total. The van der Waals surface area contributed by atoms with Gasteiger partial charge in [0.25, 0.3) is 5.91 Å². The minimum absolute atomic E-state index is 0.204. The second-order valence-corrected chi connectivity index (χ2v) is 9.83. The molecule has 7 nitrogen and oxygen atoms in total. The monoisotopic (exact) mass is 474 g/mol. The van der Waals surface area contributed by atoms with Crippen molar-refractivity contribution in [1.82, 2.24) is 0 Å². The van der Waals surface area contributed by atoms with Gasteiger partial charge in [-0.15, -0.1) is 11.3 Å². The van der Waals surface area contributed by atoms with E-state index in [-0.39, 0.29) is 18.1 Å². The number of nitrogens with zero attached hydrogens (tertiary/aromatic N) is 2. The summed E-state index contributed by atoms with van der Waals surface area (Å²) in [5.41, 5.74) is 4.80. The number of thiophene rings is 1. The van der Waals surface area contributed by atoms with Gasteiger partial charge in [-0.25, -0.2) is 14.8 Å². The first-order valence-corrected chi connectivity index (χ1v) is 12.0. The molecule has 172 valence electrons. The Balaban J connectivity index is 1.46. The highest BCUT2D eigenvalue weighted by molar-refractivity contribution is 7.17. The molecule has 1 aromatic heterocycles. The molecule has 6 rings (SSSR count). The van der Waals surface area contributed by atoms with Gasteiger partial charge < -0.3 is 4.74 Å². The number of rotatable bonds is 3. The smallest absolute Gasteiger partial charge is 0.341 e. The van der Waals surface area contributed by atoms with E-state index in [4.69, 9.17) is 9.57 Å². The first-order chi connectivity index (χ1) is 16.4. The lowest BCUT2D eigenvalue weighted by atomic mass is 9.83. The number of esters is 1. The highest BCUT2D eigenvalue weighted by atomic mass is 32.1. The average Bonchev–Trinajstić information content (AvgIpc) is 3.45. The molecule has 0 bridgehead atoms. The summed E-state index contributed by atoms with van der Waals surface area (Å²) in [5, 5.41) is 2.04. The number of hydroxylamine groups is 1. The van der Waals surface area contributed by atoms with Crippen molar-refractivity contribution in [3.8, 4) is 11.1 Å². The van der Waals surface area contributed by atoms with Crippen molar-refractivity contribution in [1.29, 1.82) is 0 Å². The van der Waals surface area contributed by atoms with E-state index in [2.05, 4.69) is 0 Å². The van der Waals surface area contributed by atoms with E-state index in [1.54, 1.807) is 18.9 Å². The Bertz CT molecular complexity index is 1380. The summed E-state index contributed by atoms with van der Waals surface area (Å²) < 4.78 is 5.24. The van der Waals surface area contributed by atoms with Crippen molar-refractivity contribution < 1.29 is 24.0 Å². The molecule has 34 heavy (non-hydrogen) atoms. The van der Waals surface area contributed by atoms with Crippen LogP contribution in [0.15, 0.2) is 48.5 Å². The number of anilines is 2. The third-order valence-corrected chi connectivity index (χ3v) is 8.07. The average molecular weight is 475 g/mol. The summed E-state index contributed by atoms with van der Waals surface area (Å²) in [5.74, 6) is -2.06. The van der Waals surface area contributed by atoms with Crippen LogP contribution in [-0.2, 0) is 19.2 Å². The maximum atomic E-state index is 13.9. The van der Waals surface area contributed by atoms with E-state index in [1.807, 2.05) is 55.5 Å². The van der Waals surface area contributed by atoms with Crippen LogP contribution in [0.4, 0.5) is 10.7 Å². The van der Waals surface area contributed by atoms with Crippen molar-refractivity contribution >= 4 is 39.8 Å². The zero-order chi connectivity index (χ0) is 23.7. The molecule has 2 amide bonds. The maximum absolute atomic E-state index is 13.9. The molecule has 2 aromatic carbocycles. The second kappa shape index (κ2) is 7.51. The molecule has 0 radical (unpaired) electrons. The van der Waals surface area contributed by atoms with Crippen LogP contribution >= 0.6 is 11.3 Å². The Hall–Kier alpha value is -3.49. The first kappa shape index (κ1) is 21.1. The number of hydrogen-bond donors (Lipinski definition) is 0. The van der Waals surface area contributed by atoms with Gasteiger partial charge in [0.1, 0.15) is 10.9 Å². The zero-order valence-electron chi connectivity index (χ0n) is 18.9. The van der Waals surface area contributed by atoms with Gasteiger partial charge in [-0.1, -0.05) is 42.5 Å². The van der Waals surface area contributed by atoms with Crippen molar-refractivity contribution in [2.75, 3.05) is 16.6 Å². The molecule has 4 heterocycles. The number of benzene rings is 2. The van der Waals surface area contributed by atoms with E-state index < -0.39 is 29.9 Å². The Labute approximate surface area is 200 Å². The van der Waals surface area contributed by atoms with Crippen LogP contribution in [-0.4, -0.2) is 30.5 Å². The number of imide groups is 1. The second-order valence-electron chi connectivity index (χ2n) is 8.62. The molecule has 3 aromatic rings. The van der Waals surface area contributed by atoms with Gasteiger partial charge in [0, 0.05) is 10.4 Å². The van der Waals surface area contributed by atoms with Crippen LogP contribution in [0.5, 0.6) is 0 Å². The highest BCUT2D eigenvalue weighted by Gasteiger charge is 2.62. The van der Waals surface area contributed by atoms with Gasteiger partial charge in [0.15, 0.2) is 6.10 Å². The Morgan fingerprint density at radius 1 is 1.03 bits per heavy atom. The van der Waals surface area contributed by atoms with E-state index in [1.165, 1.54) is 11.3 Å². The van der Waals surface area contributed by atoms with Gasteiger partial charge in [0.2, 0.25) is 5.91 Å². The van der Waals surface area contributed by atoms with E-state index in [0.717, 1.165) is 37.7 Å². The number of carbonyl (C=O) groups excluding carboxylic acids is 3. The summed E-state index contributed by atoms with van der Waals surface area (Å²) in [7, 11) is 0. The number of ether oxygens (including phenoxy) is 1. The molecule has 0 spiro atoms. The molecule has 2 saturated heterocycles. The Kier molecular flexibility index (Phi) is 4.65. The third kappa shape index (κ3) is 2.69. The molecule has 0 aliphatic carbocycles. The fraction of sp³-hybridized carbons (Fsp3) is 0.269. The van der Waals surface area contributed by atoms with Crippen LogP contribution in [0.3, 0.4) is 0 Å². The first-order valence-electron chi connectivity index (χ1n) is 11.2. The van der Waals surface area contributed by atoms with Crippen molar-refractivity contribution in [2.24, 2.45) is 5.92 Å². The largest absolute Gasteiger partial charge is 0.462 e. The van der Waals surface area contributed by atoms with Crippen LogP contribution in [0.1, 0.15) is 39.3 Å². The Morgan fingerprint density at radius 3 is 2.50 bits per heavy atom. The van der Waals surface area contributed by atoms with Gasteiger partial charge in [-0.2, -0.15) is 0 Å². The summed E-state index contributed by atoms with van der Waals surface area (Å²) in [6.45, 7) is 5.60. The lowest BCUT2D eigenvalue weighted by molar-refractivity contribution is -0.126. The van der Waals surface area contributed by atoms with Gasteiger partial charge in [-0.05, 0) is 43.5 Å². The number of para-hydroxylation sites is 1. The number of hydrogen-bond acceptors (Lipinski definition) is 7. The van der Waals surface area contributed by atoms with E-state index in [0.29, 0.717) is 5.00 Å². The fourth-order valence-electron chi connectivity index (χ4n) is 5.24. The number of aryl methyl sites for hydroxylation is 1. The van der Waals surface area contributed by atoms with Crippen molar-refractivity contribution in [3.63, 3.8) is 0 Å². The van der Waals surface area contributed by atoms with E-state index in [9.17, 15) is 14.4 Å². The molecule has 3 atom stereocenters. The molecular weight excluding hydrogens is 452 g/mol. The van der Waals surface area contributed by atoms with Crippen molar-refractivity contribution in [3.05, 3.63) is 70.1 Å². The van der Waals surface area contributed by atoms with Gasteiger partial charge in [0.05, 0.1) is 23.9 Å². The molecular formula is C26H22N2O5S. The van der Waals surface area contributed by atoms with Gasteiger partial charge in [-0.3, -0.25) is 14.4 Å². The highest BCUT2D eigenvalue weighted by Crippen LogP contribution is 2.55. The quantitative estimate of drug-likeness (QED) is 0.409. The lowest BCUT2D eigenvalue weighted by Gasteiger charge is -2.35. The minimum atomic E-state index is -0.963. The third-order valence-electron chi connectivity index (χ3n) is 6.88. The van der Waals surface area contributed by atoms with Crippen LogP contribution in [0, 0.1) is 19.8 Å². The van der Waals surface area contributed by atoms with Crippen LogP contribution in [0.25, 0.3) is 11.1 Å². The molecule has 8 heteroatoms. The summed E-state index contributed by atoms with van der Waals surface area (Å²) in [4.78, 5) is 48.5. The van der Waals surface area contributed by atoms with Crippen molar-refractivity contribution in [2.45, 2.75) is 32.9 Å². The zero-order valence-corrected chi connectivity index (χ0v) is 19.7. The van der Waals surface area contributed by atoms with Gasteiger partial charge >= 0.3 is 5.97 Å².